The van der Waals surface area contributed by atoms with E-state index in [1.54, 1.807) is 0 Å². The molecule has 112 valence electrons. The average Bonchev–Trinajstić information content (AvgIpc) is 2.83. The van der Waals surface area contributed by atoms with Crippen molar-refractivity contribution in [2.45, 2.75) is 68.7 Å². The van der Waals surface area contributed by atoms with Crippen LogP contribution >= 0.6 is 0 Å². The molecule has 19 heavy (non-hydrogen) atoms. The molecule has 0 amide bonds. The Balaban J connectivity index is 1.96. The summed E-state index contributed by atoms with van der Waals surface area (Å²) in [5.74, 6) is 0. The first-order chi connectivity index (χ1) is 9.02. The first kappa shape index (κ1) is 15.3. The Morgan fingerprint density at radius 2 is 2.00 bits per heavy atom. The van der Waals surface area contributed by atoms with E-state index in [4.69, 9.17) is 5.73 Å². The molecule has 0 aromatic carbocycles. The van der Waals surface area contributed by atoms with Crippen molar-refractivity contribution in [1.82, 2.24) is 4.90 Å². The first-order valence-corrected chi connectivity index (χ1v) is 9.62. The Labute approximate surface area is 117 Å². The van der Waals surface area contributed by atoms with Crippen LogP contribution in [0.15, 0.2) is 0 Å². The molecule has 3 atom stereocenters. The predicted molar refractivity (Wildman–Crippen MR) is 78.9 cm³/mol. The predicted octanol–water partition coefficient (Wildman–Crippen LogP) is 1.55. The molecule has 1 heterocycles. The Kier molecular flexibility index (Phi) is 5.26. The number of sulfone groups is 1. The summed E-state index contributed by atoms with van der Waals surface area (Å²) in [6.45, 7) is 1.91. The van der Waals surface area contributed by atoms with Crippen molar-refractivity contribution in [2.75, 3.05) is 19.3 Å². The maximum atomic E-state index is 11.8. The lowest BCUT2D eigenvalue weighted by Gasteiger charge is -2.38. The van der Waals surface area contributed by atoms with E-state index in [1.807, 2.05) is 0 Å². The summed E-state index contributed by atoms with van der Waals surface area (Å²) in [6, 6.07) is 1.13. The molecule has 0 aromatic heterocycles. The van der Waals surface area contributed by atoms with E-state index < -0.39 is 9.84 Å². The van der Waals surface area contributed by atoms with Crippen molar-refractivity contribution in [1.29, 1.82) is 0 Å². The van der Waals surface area contributed by atoms with Gasteiger partial charge >= 0.3 is 0 Å². The highest BCUT2D eigenvalue weighted by Gasteiger charge is 2.36. The zero-order valence-corrected chi connectivity index (χ0v) is 12.9. The summed E-state index contributed by atoms with van der Waals surface area (Å²) >= 11 is 0. The number of nitrogens with two attached hydrogens (primary N) is 1. The van der Waals surface area contributed by atoms with Gasteiger partial charge in [-0.1, -0.05) is 6.42 Å². The number of hydrogen-bond donors (Lipinski definition) is 1. The third-order valence-corrected chi connectivity index (χ3v) is 6.48. The van der Waals surface area contributed by atoms with Gasteiger partial charge in [0.2, 0.25) is 0 Å². The van der Waals surface area contributed by atoms with E-state index in [0.29, 0.717) is 12.1 Å². The molecule has 0 aromatic rings. The van der Waals surface area contributed by atoms with Crippen LogP contribution in [0.4, 0.5) is 0 Å². The summed E-state index contributed by atoms with van der Waals surface area (Å²) < 4.78 is 23.5. The van der Waals surface area contributed by atoms with Gasteiger partial charge in [-0.05, 0) is 58.0 Å². The minimum atomic E-state index is -2.87. The van der Waals surface area contributed by atoms with Crippen molar-refractivity contribution in [3.8, 4) is 0 Å². The highest BCUT2D eigenvalue weighted by atomic mass is 32.2. The molecule has 1 aliphatic carbocycles. The fourth-order valence-electron chi connectivity index (χ4n) is 3.81. The fraction of sp³-hybridized carbons (Fsp3) is 1.00. The van der Waals surface area contributed by atoms with Gasteiger partial charge in [-0.25, -0.2) is 8.42 Å². The summed E-state index contributed by atoms with van der Waals surface area (Å²) in [5.41, 5.74) is 5.61. The normalized spacial score (nSPS) is 33.7. The SMILES string of the molecule is CS(=O)(=O)C1CCCC(N2CCCC2CCCN)C1. The van der Waals surface area contributed by atoms with Crippen LogP contribution in [0.25, 0.3) is 0 Å². The lowest BCUT2D eigenvalue weighted by Crippen LogP contribution is -2.44. The third-order valence-electron chi connectivity index (χ3n) is 4.84. The summed E-state index contributed by atoms with van der Waals surface area (Å²) in [6.07, 6.45) is 10.1. The molecular weight excluding hydrogens is 260 g/mol. The largest absolute Gasteiger partial charge is 0.330 e. The molecule has 1 saturated carbocycles. The monoisotopic (exact) mass is 288 g/mol. The smallest absolute Gasteiger partial charge is 0.150 e. The van der Waals surface area contributed by atoms with Crippen molar-refractivity contribution in [2.24, 2.45) is 5.73 Å². The van der Waals surface area contributed by atoms with Gasteiger partial charge in [0.25, 0.3) is 0 Å². The van der Waals surface area contributed by atoms with Crippen LogP contribution in [0.2, 0.25) is 0 Å². The molecule has 2 rings (SSSR count). The van der Waals surface area contributed by atoms with Crippen molar-refractivity contribution in [3.63, 3.8) is 0 Å². The number of likely N-dealkylation sites (tertiary alicyclic amines) is 1. The van der Waals surface area contributed by atoms with Crippen LogP contribution in [0.1, 0.15) is 51.4 Å². The van der Waals surface area contributed by atoms with Gasteiger partial charge in [0.05, 0.1) is 5.25 Å². The van der Waals surface area contributed by atoms with Crippen LogP contribution in [-0.4, -0.2) is 50.0 Å². The van der Waals surface area contributed by atoms with Gasteiger partial charge in [-0.2, -0.15) is 0 Å². The zero-order valence-electron chi connectivity index (χ0n) is 12.1. The molecule has 0 bridgehead atoms. The molecule has 0 spiro atoms. The zero-order chi connectivity index (χ0) is 13.9. The van der Waals surface area contributed by atoms with Gasteiger partial charge in [0.1, 0.15) is 9.84 Å². The molecule has 4 nitrogen and oxygen atoms in total. The van der Waals surface area contributed by atoms with Gasteiger partial charge in [-0.3, -0.25) is 4.90 Å². The molecular formula is C14H28N2O2S. The third kappa shape index (κ3) is 3.92. The molecule has 2 fully saturated rings. The van der Waals surface area contributed by atoms with E-state index in [9.17, 15) is 8.42 Å². The molecule has 5 heteroatoms. The number of rotatable bonds is 5. The Hall–Kier alpha value is -0.130. The van der Waals surface area contributed by atoms with Crippen molar-refractivity contribution in [3.05, 3.63) is 0 Å². The quantitative estimate of drug-likeness (QED) is 0.833. The van der Waals surface area contributed by atoms with Gasteiger partial charge in [-0.15, -0.1) is 0 Å². The van der Waals surface area contributed by atoms with Crippen LogP contribution in [0.5, 0.6) is 0 Å². The second kappa shape index (κ2) is 6.55. The maximum absolute atomic E-state index is 11.8. The molecule has 1 aliphatic heterocycles. The van der Waals surface area contributed by atoms with Crippen LogP contribution < -0.4 is 5.73 Å². The Morgan fingerprint density at radius 3 is 2.68 bits per heavy atom. The second-order valence-electron chi connectivity index (χ2n) is 6.24. The van der Waals surface area contributed by atoms with Crippen molar-refractivity contribution < 1.29 is 8.42 Å². The Bertz CT molecular complexity index is 383. The average molecular weight is 288 g/mol. The van der Waals surface area contributed by atoms with E-state index >= 15 is 0 Å². The second-order valence-corrected chi connectivity index (χ2v) is 8.56. The standard InChI is InChI=1S/C14H28N2O2S/c1-19(17,18)14-8-2-5-13(11-14)16-10-4-7-12(16)6-3-9-15/h12-14H,2-11,15H2,1H3. The summed E-state index contributed by atoms with van der Waals surface area (Å²) in [7, 11) is -2.87. The minimum Gasteiger partial charge on any atom is -0.330 e. The van der Waals surface area contributed by atoms with E-state index in [1.165, 1.54) is 31.9 Å². The molecule has 3 unspecified atom stereocenters. The van der Waals surface area contributed by atoms with E-state index in [2.05, 4.69) is 4.90 Å². The van der Waals surface area contributed by atoms with Crippen LogP contribution in [0, 0.1) is 0 Å². The highest BCUT2D eigenvalue weighted by Crippen LogP contribution is 2.33. The minimum absolute atomic E-state index is 0.109. The number of nitrogens with zero attached hydrogens (tertiary/aromatic N) is 1. The van der Waals surface area contributed by atoms with E-state index in [0.717, 1.165) is 38.8 Å². The lowest BCUT2D eigenvalue weighted by atomic mass is 9.92. The van der Waals surface area contributed by atoms with Gasteiger partial charge in [0.15, 0.2) is 0 Å². The van der Waals surface area contributed by atoms with Crippen LogP contribution in [-0.2, 0) is 9.84 Å². The molecule has 2 aliphatic rings. The van der Waals surface area contributed by atoms with E-state index in [-0.39, 0.29) is 5.25 Å². The summed E-state index contributed by atoms with van der Waals surface area (Å²) in [4.78, 5) is 2.59. The highest BCUT2D eigenvalue weighted by molar-refractivity contribution is 7.91. The lowest BCUT2D eigenvalue weighted by molar-refractivity contribution is 0.136. The van der Waals surface area contributed by atoms with Gasteiger partial charge < -0.3 is 5.73 Å². The maximum Gasteiger partial charge on any atom is 0.150 e. The van der Waals surface area contributed by atoms with Crippen LogP contribution in [0.3, 0.4) is 0 Å². The Morgan fingerprint density at radius 1 is 1.21 bits per heavy atom. The van der Waals surface area contributed by atoms with Gasteiger partial charge in [0, 0.05) is 18.3 Å². The molecule has 0 radical (unpaired) electrons. The summed E-state index contributed by atoms with van der Waals surface area (Å²) in [5, 5.41) is -0.109. The fourth-order valence-corrected chi connectivity index (χ4v) is 4.98. The van der Waals surface area contributed by atoms with Crippen molar-refractivity contribution >= 4 is 9.84 Å². The molecule has 1 saturated heterocycles. The first-order valence-electron chi connectivity index (χ1n) is 7.67. The topological polar surface area (TPSA) is 63.4 Å². The number of hydrogen-bond acceptors (Lipinski definition) is 4. The molecule has 2 N–H and O–H groups in total.